The van der Waals surface area contributed by atoms with Crippen LogP contribution >= 0.6 is 46.1 Å². The average molecular weight is 545 g/mol. The third-order valence-electron chi connectivity index (χ3n) is 6.13. The number of hydrogen-bond acceptors (Lipinski definition) is 6. The van der Waals surface area contributed by atoms with Gasteiger partial charge in [0.25, 0.3) is 0 Å². The van der Waals surface area contributed by atoms with E-state index in [9.17, 15) is 0 Å². The zero-order valence-electron chi connectivity index (χ0n) is 19.1. The van der Waals surface area contributed by atoms with Crippen LogP contribution in [0.3, 0.4) is 0 Å². The van der Waals surface area contributed by atoms with E-state index in [1.54, 1.807) is 11.3 Å². The van der Waals surface area contributed by atoms with E-state index in [0.717, 1.165) is 58.3 Å². The molecular weight excluding hydrogens is 521 g/mol. The van der Waals surface area contributed by atoms with Crippen LogP contribution in [0.2, 0.25) is 15.1 Å². The Morgan fingerprint density at radius 3 is 2.29 bits per heavy atom. The summed E-state index contributed by atoms with van der Waals surface area (Å²) in [4.78, 5) is 4.69. The highest BCUT2D eigenvalue weighted by atomic mass is 35.5. The second-order valence-corrected chi connectivity index (χ2v) is 10.7. The van der Waals surface area contributed by atoms with Crippen molar-refractivity contribution < 1.29 is 0 Å². The van der Waals surface area contributed by atoms with Gasteiger partial charge in [0, 0.05) is 36.9 Å². The van der Waals surface area contributed by atoms with Crippen molar-refractivity contribution in [3.8, 4) is 0 Å². The Kier molecular flexibility index (Phi) is 7.46. The van der Waals surface area contributed by atoms with Crippen LogP contribution in [-0.4, -0.2) is 41.3 Å². The summed E-state index contributed by atoms with van der Waals surface area (Å²) in [7, 11) is 0. The molecule has 180 valence electrons. The summed E-state index contributed by atoms with van der Waals surface area (Å²) in [6.07, 6.45) is 0. The molecule has 2 heterocycles. The molecule has 0 saturated carbocycles. The molecule has 1 atom stereocenters. The van der Waals surface area contributed by atoms with Crippen molar-refractivity contribution in [3.05, 3.63) is 97.9 Å². The van der Waals surface area contributed by atoms with Gasteiger partial charge in [-0.25, -0.2) is 0 Å². The molecule has 1 fully saturated rings. The minimum absolute atomic E-state index is 0.0910. The first kappa shape index (κ1) is 24.3. The van der Waals surface area contributed by atoms with E-state index in [-0.39, 0.29) is 6.04 Å². The Bertz CT molecular complexity index is 1300. The minimum Gasteiger partial charge on any atom is -0.368 e. The number of nitrogens with one attached hydrogen (secondary N) is 1. The van der Waals surface area contributed by atoms with Crippen LogP contribution < -0.4 is 10.2 Å². The predicted octanol–water partition coefficient (Wildman–Crippen LogP) is 7.46. The van der Waals surface area contributed by atoms with Crippen LogP contribution in [0.15, 0.2) is 66.7 Å². The van der Waals surface area contributed by atoms with Gasteiger partial charge in [-0.2, -0.15) is 0 Å². The first-order chi connectivity index (χ1) is 17.0. The number of piperazine rings is 1. The van der Waals surface area contributed by atoms with E-state index in [0.29, 0.717) is 10.0 Å². The largest absolute Gasteiger partial charge is 0.368 e. The first-order valence-corrected chi connectivity index (χ1v) is 13.3. The highest BCUT2D eigenvalue weighted by Gasteiger charge is 2.31. The van der Waals surface area contributed by atoms with E-state index in [1.807, 2.05) is 48.5 Å². The number of halogens is 3. The summed E-state index contributed by atoms with van der Waals surface area (Å²) in [5.41, 5.74) is 4.19. The van der Waals surface area contributed by atoms with Gasteiger partial charge in [0.2, 0.25) is 5.13 Å². The van der Waals surface area contributed by atoms with Gasteiger partial charge in [0.1, 0.15) is 5.01 Å². The highest BCUT2D eigenvalue weighted by Crippen LogP contribution is 2.38. The molecule has 0 amide bonds. The SMILES string of the molecule is Cc1ccc(Nc2nnc(C(c3ccccc3Cl)N3CCN(c4cccc(Cl)c4Cl)CC3)s2)cc1. The number of aryl methyl sites for hydroxylation is 1. The molecule has 1 unspecified atom stereocenters. The lowest BCUT2D eigenvalue weighted by atomic mass is 10.0. The molecule has 1 saturated heterocycles. The first-order valence-electron chi connectivity index (χ1n) is 11.3. The third kappa shape index (κ3) is 5.42. The van der Waals surface area contributed by atoms with Crippen molar-refractivity contribution in [1.29, 1.82) is 0 Å². The maximum atomic E-state index is 6.67. The van der Waals surface area contributed by atoms with Crippen LogP contribution in [-0.2, 0) is 0 Å². The van der Waals surface area contributed by atoms with Gasteiger partial charge >= 0.3 is 0 Å². The summed E-state index contributed by atoms with van der Waals surface area (Å²) in [6, 6.07) is 21.9. The Morgan fingerprint density at radius 1 is 0.829 bits per heavy atom. The lowest BCUT2D eigenvalue weighted by Crippen LogP contribution is -2.48. The second kappa shape index (κ2) is 10.7. The van der Waals surface area contributed by atoms with Crippen LogP contribution in [0.4, 0.5) is 16.5 Å². The molecule has 1 aromatic heterocycles. The van der Waals surface area contributed by atoms with Crippen molar-refractivity contribution in [2.24, 2.45) is 0 Å². The van der Waals surface area contributed by atoms with Crippen LogP contribution in [0, 0.1) is 6.92 Å². The lowest BCUT2D eigenvalue weighted by molar-refractivity contribution is 0.211. The van der Waals surface area contributed by atoms with Crippen molar-refractivity contribution in [1.82, 2.24) is 15.1 Å². The summed E-state index contributed by atoms with van der Waals surface area (Å²) < 4.78 is 0. The molecule has 35 heavy (non-hydrogen) atoms. The van der Waals surface area contributed by atoms with Crippen molar-refractivity contribution in [2.45, 2.75) is 13.0 Å². The monoisotopic (exact) mass is 543 g/mol. The number of nitrogens with zero attached hydrogens (tertiary/aromatic N) is 4. The summed E-state index contributed by atoms with van der Waals surface area (Å²) in [5, 5.41) is 15.9. The third-order valence-corrected chi connectivity index (χ3v) is 8.17. The number of anilines is 3. The zero-order chi connectivity index (χ0) is 24.4. The number of aromatic nitrogens is 2. The van der Waals surface area contributed by atoms with E-state index < -0.39 is 0 Å². The normalized spacial score (nSPS) is 15.3. The highest BCUT2D eigenvalue weighted by molar-refractivity contribution is 7.15. The molecule has 0 radical (unpaired) electrons. The summed E-state index contributed by atoms with van der Waals surface area (Å²) in [5.74, 6) is 0. The quantitative estimate of drug-likeness (QED) is 0.273. The van der Waals surface area contributed by atoms with E-state index in [1.165, 1.54) is 5.56 Å². The summed E-state index contributed by atoms with van der Waals surface area (Å²) in [6.45, 7) is 5.34. The van der Waals surface area contributed by atoms with E-state index >= 15 is 0 Å². The number of hydrogen-bond donors (Lipinski definition) is 1. The van der Waals surface area contributed by atoms with Crippen LogP contribution in [0.5, 0.6) is 0 Å². The van der Waals surface area contributed by atoms with E-state index in [4.69, 9.17) is 34.8 Å². The van der Waals surface area contributed by atoms with Crippen molar-refractivity contribution >= 4 is 62.6 Å². The average Bonchev–Trinajstić information content (AvgIpc) is 3.32. The molecule has 3 aromatic carbocycles. The van der Waals surface area contributed by atoms with E-state index in [2.05, 4.69) is 50.4 Å². The second-order valence-electron chi connectivity index (χ2n) is 8.46. The summed E-state index contributed by atoms with van der Waals surface area (Å²) >= 11 is 21.0. The molecule has 9 heteroatoms. The van der Waals surface area contributed by atoms with Gasteiger partial charge in [0.15, 0.2) is 0 Å². The van der Waals surface area contributed by atoms with Gasteiger partial charge in [-0.15, -0.1) is 10.2 Å². The van der Waals surface area contributed by atoms with Gasteiger partial charge in [-0.3, -0.25) is 4.90 Å². The van der Waals surface area contributed by atoms with Crippen molar-refractivity contribution in [2.75, 3.05) is 36.4 Å². The molecule has 0 spiro atoms. The molecule has 1 aliphatic rings. The Labute approximate surface area is 224 Å². The molecular formula is C26H24Cl3N5S. The van der Waals surface area contributed by atoms with Gasteiger partial charge < -0.3 is 10.2 Å². The molecule has 5 rings (SSSR count). The van der Waals surface area contributed by atoms with Crippen molar-refractivity contribution in [3.63, 3.8) is 0 Å². The van der Waals surface area contributed by atoms with Crippen LogP contribution in [0.1, 0.15) is 22.2 Å². The topological polar surface area (TPSA) is 44.3 Å². The fraction of sp³-hybridized carbons (Fsp3) is 0.231. The lowest BCUT2D eigenvalue weighted by Gasteiger charge is -2.40. The molecule has 4 aromatic rings. The predicted molar refractivity (Wildman–Crippen MR) is 148 cm³/mol. The number of benzene rings is 3. The number of rotatable bonds is 6. The molecule has 5 nitrogen and oxygen atoms in total. The fourth-order valence-electron chi connectivity index (χ4n) is 4.30. The minimum atomic E-state index is -0.0910. The Balaban J connectivity index is 1.39. The van der Waals surface area contributed by atoms with Gasteiger partial charge in [-0.1, -0.05) is 88.1 Å². The molecule has 0 aliphatic carbocycles. The maximum Gasteiger partial charge on any atom is 0.210 e. The van der Waals surface area contributed by atoms with Gasteiger partial charge in [0.05, 0.1) is 21.8 Å². The Hall–Kier alpha value is -2.35. The molecule has 1 aliphatic heterocycles. The standard InChI is InChI=1S/C26H24Cl3N5S/c1-17-9-11-18(12-10-17)30-26-32-31-25(35-26)24(19-5-2-3-6-20(19)27)34-15-13-33(14-16-34)22-8-4-7-21(28)23(22)29/h2-12,24H,13-16H2,1H3,(H,30,32). The molecule has 1 N–H and O–H groups in total. The molecule has 0 bridgehead atoms. The smallest absolute Gasteiger partial charge is 0.210 e. The Morgan fingerprint density at radius 2 is 1.54 bits per heavy atom. The zero-order valence-corrected chi connectivity index (χ0v) is 22.2. The van der Waals surface area contributed by atoms with Gasteiger partial charge in [-0.05, 0) is 42.8 Å². The fourth-order valence-corrected chi connectivity index (χ4v) is 5.87. The maximum absolute atomic E-state index is 6.67. The van der Waals surface area contributed by atoms with Crippen LogP contribution in [0.25, 0.3) is 0 Å².